The Kier molecular flexibility index (Phi) is 5.42. The molecule has 0 aromatic carbocycles. The Balaban J connectivity index is 1.70. The first-order valence-electron chi connectivity index (χ1n) is 7.34. The highest BCUT2D eigenvalue weighted by molar-refractivity contribution is 4.78. The number of aliphatic hydroxyl groups is 1. The van der Waals surface area contributed by atoms with E-state index in [1.807, 2.05) is 0 Å². The van der Waals surface area contributed by atoms with Crippen molar-refractivity contribution in [3.05, 3.63) is 0 Å². The predicted octanol–water partition coefficient (Wildman–Crippen LogP) is 0.657. The van der Waals surface area contributed by atoms with E-state index in [9.17, 15) is 5.11 Å². The summed E-state index contributed by atoms with van der Waals surface area (Å²) in [6.07, 6.45) is 1.11. The molecule has 2 aliphatic rings. The van der Waals surface area contributed by atoms with Gasteiger partial charge in [-0.05, 0) is 18.3 Å². The molecule has 4 nitrogen and oxygen atoms in total. The van der Waals surface area contributed by atoms with Crippen molar-refractivity contribution in [1.82, 2.24) is 9.80 Å². The van der Waals surface area contributed by atoms with Crippen LogP contribution in [0.3, 0.4) is 0 Å². The van der Waals surface area contributed by atoms with Crippen LogP contribution in [0.1, 0.15) is 20.3 Å². The number of ether oxygens (including phenoxy) is 1. The molecule has 0 bridgehead atoms. The fourth-order valence-electron chi connectivity index (χ4n) is 3.38. The molecule has 2 aliphatic heterocycles. The first kappa shape index (κ1) is 14.3. The molecule has 2 heterocycles. The van der Waals surface area contributed by atoms with E-state index in [0.29, 0.717) is 0 Å². The molecule has 18 heavy (non-hydrogen) atoms. The highest BCUT2D eigenvalue weighted by Crippen LogP contribution is 2.20. The molecular weight excluding hydrogens is 228 g/mol. The largest absolute Gasteiger partial charge is 0.390 e. The van der Waals surface area contributed by atoms with Gasteiger partial charge in [-0.15, -0.1) is 0 Å². The third-order valence-corrected chi connectivity index (χ3v) is 3.99. The van der Waals surface area contributed by atoms with Gasteiger partial charge < -0.3 is 14.7 Å². The molecule has 2 fully saturated rings. The number of piperidine rings is 1. The zero-order valence-electron chi connectivity index (χ0n) is 11.8. The van der Waals surface area contributed by atoms with E-state index in [1.54, 1.807) is 0 Å². The maximum absolute atomic E-state index is 10.2. The van der Waals surface area contributed by atoms with E-state index in [1.165, 1.54) is 6.42 Å². The van der Waals surface area contributed by atoms with Crippen molar-refractivity contribution in [2.75, 3.05) is 52.5 Å². The summed E-state index contributed by atoms with van der Waals surface area (Å²) >= 11 is 0. The Morgan fingerprint density at radius 3 is 2.22 bits per heavy atom. The van der Waals surface area contributed by atoms with Crippen molar-refractivity contribution >= 4 is 0 Å². The van der Waals surface area contributed by atoms with Crippen molar-refractivity contribution in [2.45, 2.75) is 26.4 Å². The zero-order valence-corrected chi connectivity index (χ0v) is 11.8. The van der Waals surface area contributed by atoms with Crippen LogP contribution in [0.2, 0.25) is 0 Å². The lowest BCUT2D eigenvalue weighted by molar-refractivity contribution is 0.00119. The van der Waals surface area contributed by atoms with Crippen LogP contribution in [0.25, 0.3) is 0 Å². The van der Waals surface area contributed by atoms with Crippen LogP contribution in [0, 0.1) is 11.8 Å². The quantitative estimate of drug-likeness (QED) is 0.801. The third-order valence-electron chi connectivity index (χ3n) is 3.99. The lowest BCUT2D eigenvalue weighted by Crippen LogP contribution is -2.47. The second-order valence-electron chi connectivity index (χ2n) is 6.23. The summed E-state index contributed by atoms with van der Waals surface area (Å²) < 4.78 is 5.33. The topological polar surface area (TPSA) is 35.9 Å². The van der Waals surface area contributed by atoms with Gasteiger partial charge in [0.25, 0.3) is 0 Å². The van der Waals surface area contributed by atoms with Crippen molar-refractivity contribution in [2.24, 2.45) is 11.8 Å². The lowest BCUT2D eigenvalue weighted by Gasteiger charge is -2.37. The van der Waals surface area contributed by atoms with Gasteiger partial charge in [-0.1, -0.05) is 13.8 Å². The Hall–Kier alpha value is -0.160. The second-order valence-corrected chi connectivity index (χ2v) is 6.23. The van der Waals surface area contributed by atoms with Gasteiger partial charge >= 0.3 is 0 Å². The van der Waals surface area contributed by atoms with E-state index in [-0.39, 0.29) is 6.10 Å². The Bertz CT molecular complexity index is 234. The minimum Gasteiger partial charge on any atom is -0.390 e. The monoisotopic (exact) mass is 256 g/mol. The van der Waals surface area contributed by atoms with Gasteiger partial charge in [-0.25, -0.2) is 0 Å². The summed E-state index contributed by atoms with van der Waals surface area (Å²) in [5.41, 5.74) is 0. The van der Waals surface area contributed by atoms with Gasteiger partial charge in [-0.2, -0.15) is 0 Å². The first-order valence-corrected chi connectivity index (χ1v) is 7.34. The van der Waals surface area contributed by atoms with Crippen LogP contribution < -0.4 is 0 Å². The first-order chi connectivity index (χ1) is 8.63. The average molecular weight is 256 g/mol. The molecule has 2 saturated heterocycles. The van der Waals surface area contributed by atoms with Crippen LogP contribution in [0.15, 0.2) is 0 Å². The molecule has 106 valence electrons. The molecule has 0 aliphatic carbocycles. The maximum atomic E-state index is 10.2. The van der Waals surface area contributed by atoms with Crippen LogP contribution in [-0.2, 0) is 4.74 Å². The molecule has 0 aromatic rings. The van der Waals surface area contributed by atoms with Crippen LogP contribution in [0.4, 0.5) is 0 Å². The van der Waals surface area contributed by atoms with E-state index in [4.69, 9.17) is 4.74 Å². The molecule has 0 saturated carbocycles. The van der Waals surface area contributed by atoms with Crippen molar-refractivity contribution < 1.29 is 9.84 Å². The van der Waals surface area contributed by atoms with Crippen molar-refractivity contribution in [1.29, 1.82) is 0 Å². The molecular formula is C14H28N2O2. The number of rotatable bonds is 4. The number of hydrogen-bond acceptors (Lipinski definition) is 4. The van der Waals surface area contributed by atoms with Gasteiger partial charge in [0.2, 0.25) is 0 Å². The number of likely N-dealkylation sites (tertiary alicyclic amines) is 1. The van der Waals surface area contributed by atoms with E-state index in [0.717, 1.165) is 64.3 Å². The maximum Gasteiger partial charge on any atom is 0.0793 e. The molecule has 2 rings (SSSR count). The standard InChI is InChI=1S/C14H28N2O2/c1-12-7-13(2)9-16(8-12)11-14(17)10-15-3-5-18-6-4-15/h12-14,17H,3-11H2,1-2H3. The van der Waals surface area contributed by atoms with Gasteiger partial charge in [-0.3, -0.25) is 4.90 Å². The number of β-amino-alcohol motifs (C(OH)–C–C–N with tert-alkyl or cyclic N) is 1. The molecule has 3 unspecified atom stereocenters. The van der Waals surface area contributed by atoms with Crippen LogP contribution in [-0.4, -0.2) is 73.5 Å². The summed E-state index contributed by atoms with van der Waals surface area (Å²) in [4.78, 5) is 4.74. The molecule has 0 radical (unpaired) electrons. The summed E-state index contributed by atoms with van der Waals surface area (Å²) in [5, 5.41) is 10.2. The van der Waals surface area contributed by atoms with Gasteiger partial charge in [0, 0.05) is 39.3 Å². The molecule has 0 amide bonds. The molecule has 0 spiro atoms. The second kappa shape index (κ2) is 6.85. The number of hydrogen-bond donors (Lipinski definition) is 1. The normalized spacial score (nSPS) is 33.5. The Labute approximate surface area is 111 Å². The average Bonchev–Trinajstić information content (AvgIpc) is 2.28. The highest BCUT2D eigenvalue weighted by Gasteiger charge is 2.24. The van der Waals surface area contributed by atoms with Crippen molar-refractivity contribution in [3.8, 4) is 0 Å². The van der Waals surface area contributed by atoms with E-state index >= 15 is 0 Å². The molecule has 0 aromatic heterocycles. The number of aliphatic hydroxyl groups excluding tert-OH is 1. The van der Waals surface area contributed by atoms with Gasteiger partial charge in [0.15, 0.2) is 0 Å². The molecule has 4 heteroatoms. The Morgan fingerprint density at radius 1 is 1.06 bits per heavy atom. The zero-order chi connectivity index (χ0) is 13.0. The SMILES string of the molecule is CC1CC(C)CN(CC(O)CN2CCOCC2)C1. The number of nitrogens with zero attached hydrogens (tertiary/aromatic N) is 2. The van der Waals surface area contributed by atoms with E-state index < -0.39 is 0 Å². The van der Waals surface area contributed by atoms with E-state index in [2.05, 4.69) is 23.6 Å². The minimum absolute atomic E-state index is 0.222. The Morgan fingerprint density at radius 2 is 1.61 bits per heavy atom. The van der Waals surface area contributed by atoms with Crippen molar-refractivity contribution in [3.63, 3.8) is 0 Å². The third kappa shape index (κ3) is 4.50. The lowest BCUT2D eigenvalue weighted by atomic mass is 9.92. The predicted molar refractivity (Wildman–Crippen MR) is 72.7 cm³/mol. The fraction of sp³-hybridized carbons (Fsp3) is 1.00. The summed E-state index contributed by atoms with van der Waals surface area (Å²) in [6, 6.07) is 0. The van der Waals surface area contributed by atoms with Gasteiger partial charge in [0.05, 0.1) is 19.3 Å². The fourth-order valence-corrected chi connectivity index (χ4v) is 3.38. The summed E-state index contributed by atoms with van der Waals surface area (Å²) in [7, 11) is 0. The molecule has 3 atom stereocenters. The van der Waals surface area contributed by atoms with Crippen LogP contribution in [0.5, 0.6) is 0 Å². The van der Waals surface area contributed by atoms with Crippen LogP contribution >= 0.6 is 0 Å². The smallest absolute Gasteiger partial charge is 0.0793 e. The van der Waals surface area contributed by atoms with Gasteiger partial charge in [0.1, 0.15) is 0 Å². The minimum atomic E-state index is -0.222. The number of morpholine rings is 1. The highest BCUT2D eigenvalue weighted by atomic mass is 16.5. The summed E-state index contributed by atoms with van der Waals surface area (Å²) in [6.45, 7) is 12.1. The summed E-state index contributed by atoms with van der Waals surface area (Å²) in [5.74, 6) is 1.54. The molecule has 1 N–H and O–H groups in total.